The van der Waals surface area contributed by atoms with Crippen LogP contribution in [0.4, 0.5) is 0 Å². The Kier molecular flexibility index (Phi) is 4.52. The van der Waals surface area contributed by atoms with Crippen molar-refractivity contribution in [1.82, 2.24) is 20.2 Å². The molecule has 5 heteroatoms. The van der Waals surface area contributed by atoms with E-state index in [0.717, 1.165) is 36.1 Å². The maximum Gasteiger partial charge on any atom is 0.224 e. The lowest BCUT2D eigenvalue weighted by Crippen LogP contribution is -2.28. The van der Waals surface area contributed by atoms with Crippen LogP contribution < -0.4 is 5.32 Å². The summed E-state index contributed by atoms with van der Waals surface area (Å²) in [6.45, 7) is 1.71. The number of hydrogen-bond donors (Lipinski definition) is 2. The zero-order valence-corrected chi connectivity index (χ0v) is 11.4. The molecule has 0 fully saturated rings. The summed E-state index contributed by atoms with van der Waals surface area (Å²) in [6, 6.07) is 5.85. The molecule has 0 unspecified atom stereocenters. The third-order valence-electron chi connectivity index (χ3n) is 2.95. The molecule has 1 aromatic heterocycles. The number of fused-ring (bicyclic) bond motifs is 1. The second-order valence-electron chi connectivity index (χ2n) is 4.94. The van der Waals surface area contributed by atoms with Gasteiger partial charge in [-0.25, -0.2) is 4.98 Å². The number of carbonyl (C=O) groups is 1. The zero-order valence-electron chi connectivity index (χ0n) is 11.4. The average Bonchev–Trinajstić information content (AvgIpc) is 2.82. The maximum atomic E-state index is 11.8. The SMILES string of the molecule is CN(C)CCCNC(=O)Cc1ccc2nc[nH]c2c1. The Morgan fingerprint density at radius 2 is 2.26 bits per heavy atom. The van der Waals surface area contributed by atoms with Crippen molar-refractivity contribution in [1.29, 1.82) is 0 Å². The van der Waals surface area contributed by atoms with Gasteiger partial charge < -0.3 is 15.2 Å². The van der Waals surface area contributed by atoms with Crippen LogP contribution in [0.15, 0.2) is 24.5 Å². The summed E-state index contributed by atoms with van der Waals surface area (Å²) in [6.07, 6.45) is 3.05. The molecule has 1 amide bonds. The molecule has 0 radical (unpaired) electrons. The number of aromatic amines is 1. The molecule has 2 aromatic rings. The van der Waals surface area contributed by atoms with Crippen LogP contribution in [0.3, 0.4) is 0 Å². The summed E-state index contributed by atoms with van der Waals surface area (Å²) < 4.78 is 0. The Morgan fingerprint density at radius 1 is 1.42 bits per heavy atom. The molecule has 19 heavy (non-hydrogen) atoms. The van der Waals surface area contributed by atoms with Gasteiger partial charge in [0.2, 0.25) is 5.91 Å². The summed E-state index contributed by atoms with van der Waals surface area (Å²) in [4.78, 5) is 21.1. The molecule has 1 aromatic carbocycles. The minimum atomic E-state index is 0.0672. The molecule has 0 aliphatic carbocycles. The Hall–Kier alpha value is -1.88. The van der Waals surface area contributed by atoms with Gasteiger partial charge in [-0.15, -0.1) is 0 Å². The zero-order chi connectivity index (χ0) is 13.7. The van der Waals surface area contributed by atoms with Gasteiger partial charge in [0, 0.05) is 6.54 Å². The van der Waals surface area contributed by atoms with Crippen LogP contribution in [0.25, 0.3) is 11.0 Å². The maximum absolute atomic E-state index is 11.8. The van der Waals surface area contributed by atoms with Crippen LogP contribution in [0.5, 0.6) is 0 Å². The van der Waals surface area contributed by atoms with Gasteiger partial charge in [-0.1, -0.05) is 6.07 Å². The number of imidazole rings is 1. The number of benzene rings is 1. The highest BCUT2D eigenvalue weighted by Gasteiger charge is 2.04. The third kappa shape index (κ3) is 4.06. The van der Waals surface area contributed by atoms with Crippen molar-refractivity contribution < 1.29 is 4.79 Å². The monoisotopic (exact) mass is 260 g/mol. The third-order valence-corrected chi connectivity index (χ3v) is 2.95. The Balaban J connectivity index is 1.81. The van der Waals surface area contributed by atoms with Gasteiger partial charge in [-0.05, 0) is 44.8 Å². The van der Waals surface area contributed by atoms with E-state index in [1.54, 1.807) is 6.33 Å². The van der Waals surface area contributed by atoms with Crippen LogP contribution in [-0.2, 0) is 11.2 Å². The predicted octanol–water partition coefficient (Wildman–Crippen LogP) is 1.17. The minimum absolute atomic E-state index is 0.0672. The number of aromatic nitrogens is 2. The van der Waals surface area contributed by atoms with E-state index in [0.29, 0.717) is 6.42 Å². The summed E-state index contributed by atoms with van der Waals surface area (Å²) in [5.74, 6) is 0.0672. The number of nitrogens with zero attached hydrogens (tertiary/aromatic N) is 2. The van der Waals surface area contributed by atoms with E-state index in [2.05, 4.69) is 20.2 Å². The molecular weight excluding hydrogens is 240 g/mol. The molecular formula is C14H20N4O. The molecule has 2 rings (SSSR count). The molecule has 1 heterocycles. The minimum Gasteiger partial charge on any atom is -0.356 e. The first-order valence-electron chi connectivity index (χ1n) is 6.48. The molecule has 0 aliphatic heterocycles. The number of amides is 1. The average molecular weight is 260 g/mol. The first-order valence-corrected chi connectivity index (χ1v) is 6.48. The highest BCUT2D eigenvalue weighted by Crippen LogP contribution is 2.11. The largest absolute Gasteiger partial charge is 0.356 e. The summed E-state index contributed by atoms with van der Waals surface area (Å²) >= 11 is 0. The number of rotatable bonds is 6. The van der Waals surface area contributed by atoms with Crippen LogP contribution in [0.1, 0.15) is 12.0 Å². The fourth-order valence-electron chi connectivity index (χ4n) is 1.96. The van der Waals surface area contributed by atoms with Gasteiger partial charge in [0.05, 0.1) is 23.8 Å². The Labute approximate surface area is 113 Å². The van der Waals surface area contributed by atoms with Gasteiger partial charge in [0.25, 0.3) is 0 Å². The lowest BCUT2D eigenvalue weighted by Gasteiger charge is -2.09. The standard InChI is InChI=1S/C14H20N4O/c1-18(2)7-3-6-15-14(19)9-11-4-5-12-13(8-11)17-10-16-12/h4-5,8,10H,3,6-7,9H2,1-2H3,(H,15,19)(H,16,17). The van der Waals surface area contributed by atoms with Crippen molar-refractivity contribution in [2.45, 2.75) is 12.8 Å². The lowest BCUT2D eigenvalue weighted by molar-refractivity contribution is -0.120. The van der Waals surface area contributed by atoms with E-state index in [1.165, 1.54) is 0 Å². The molecule has 0 spiro atoms. The van der Waals surface area contributed by atoms with Gasteiger partial charge in [-0.2, -0.15) is 0 Å². The molecule has 0 atom stereocenters. The molecule has 0 bridgehead atoms. The summed E-state index contributed by atoms with van der Waals surface area (Å²) in [5, 5.41) is 2.94. The van der Waals surface area contributed by atoms with Gasteiger partial charge in [-0.3, -0.25) is 4.79 Å². The van der Waals surface area contributed by atoms with Crippen molar-refractivity contribution in [3.63, 3.8) is 0 Å². The van der Waals surface area contributed by atoms with Crippen molar-refractivity contribution in [2.24, 2.45) is 0 Å². The number of H-pyrrole nitrogens is 1. The van der Waals surface area contributed by atoms with E-state index in [4.69, 9.17) is 0 Å². The van der Waals surface area contributed by atoms with E-state index < -0.39 is 0 Å². The van der Waals surface area contributed by atoms with Crippen molar-refractivity contribution in [3.8, 4) is 0 Å². The quantitative estimate of drug-likeness (QED) is 0.767. The highest BCUT2D eigenvalue weighted by molar-refractivity contribution is 5.81. The van der Waals surface area contributed by atoms with Gasteiger partial charge in [0.1, 0.15) is 0 Å². The summed E-state index contributed by atoms with van der Waals surface area (Å²) in [7, 11) is 4.06. The summed E-state index contributed by atoms with van der Waals surface area (Å²) in [5.41, 5.74) is 2.90. The first kappa shape index (κ1) is 13.5. The molecule has 0 saturated heterocycles. The Bertz CT molecular complexity index is 547. The second-order valence-corrected chi connectivity index (χ2v) is 4.94. The highest BCUT2D eigenvalue weighted by atomic mass is 16.1. The predicted molar refractivity (Wildman–Crippen MR) is 76.0 cm³/mol. The molecule has 0 aliphatic rings. The van der Waals surface area contributed by atoms with Gasteiger partial charge >= 0.3 is 0 Å². The van der Waals surface area contributed by atoms with E-state index in [1.807, 2.05) is 32.3 Å². The van der Waals surface area contributed by atoms with Crippen LogP contribution in [0, 0.1) is 0 Å². The topological polar surface area (TPSA) is 61.0 Å². The van der Waals surface area contributed by atoms with Crippen LogP contribution >= 0.6 is 0 Å². The van der Waals surface area contributed by atoms with Crippen molar-refractivity contribution >= 4 is 16.9 Å². The van der Waals surface area contributed by atoms with E-state index in [-0.39, 0.29) is 5.91 Å². The second kappa shape index (κ2) is 6.33. The fraction of sp³-hybridized carbons (Fsp3) is 0.429. The fourth-order valence-corrected chi connectivity index (χ4v) is 1.96. The van der Waals surface area contributed by atoms with Crippen molar-refractivity contribution in [3.05, 3.63) is 30.1 Å². The number of carbonyl (C=O) groups excluding carboxylic acids is 1. The Morgan fingerprint density at radius 3 is 3.05 bits per heavy atom. The molecule has 2 N–H and O–H groups in total. The smallest absolute Gasteiger partial charge is 0.224 e. The van der Waals surface area contributed by atoms with E-state index >= 15 is 0 Å². The first-order chi connectivity index (χ1) is 9.15. The van der Waals surface area contributed by atoms with Crippen LogP contribution in [0.2, 0.25) is 0 Å². The van der Waals surface area contributed by atoms with Crippen molar-refractivity contribution in [2.75, 3.05) is 27.2 Å². The van der Waals surface area contributed by atoms with Crippen LogP contribution in [-0.4, -0.2) is 48.0 Å². The van der Waals surface area contributed by atoms with E-state index in [9.17, 15) is 4.79 Å². The number of nitrogens with one attached hydrogen (secondary N) is 2. The lowest BCUT2D eigenvalue weighted by atomic mass is 10.1. The van der Waals surface area contributed by atoms with Gasteiger partial charge in [0.15, 0.2) is 0 Å². The molecule has 102 valence electrons. The molecule has 0 saturated carbocycles. The normalized spacial score (nSPS) is 11.1. The number of hydrogen-bond acceptors (Lipinski definition) is 3. The molecule has 5 nitrogen and oxygen atoms in total.